The minimum absolute atomic E-state index is 0.0763. The topological polar surface area (TPSA) is 64.4 Å². The van der Waals surface area contributed by atoms with Crippen LogP contribution in [0.2, 0.25) is 0 Å². The molecule has 124 valence electrons. The molecule has 1 aliphatic heterocycles. The molecule has 3 rings (SSSR count). The molecule has 0 bridgehead atoms. The average Bonchev–Trinajstić information content (AvgIpc) is 2.95. The monoisotopic (exact) mass is 335 g/mol. The van der Waals surface area contributed by atoms with Gasteiger partial charge in [-0.1, -0.05) is 30.3 Å². The number of imidazole rings is 1. The van der Waals surface area contributed by atoms with E-state index >= 15 is 0 Å². The molecule has 0 radical (unpaired) electrons. The van der Waals surface area contributed by atoms with Crippen molar-refractivity contribution in [2.24, 2.45) is 7.05 Å². The Hall–Kier alpha value is -1.70. The molecule has 2 aromatic rings. The number of morpholine rings is 1. The maximum absolute atomic E-state index is 13.0. The minimum atomic E-state index is -3.66. The van der Waals surface area contributed by atoms with Gasteiger partial charge in [0.15, 0.2) is 5.03 Å². The van der Waals surface area contributed by atoms with Crippen LogP contribution in [0.5, 0.6) is 0 Å². The quantitative estimate of drug-likeness (QED) is 0.860. The van der Waals surface area contributed by atoms with Gasteiger partial charge in [0.1, 0.15) is 0 Å². The van der Waals surface area contributed by atoms with Crippen LogP contribution < -0.4 is 0 Å². The zero-order valence-electron chi connectivity index (χ0n) is 13.5. The number of nitrogens with zero attached hydrogens (tertiary/aromatic N) is 3. The first-order valence-corrected chi connectivity index (χ1v) is 9.03. The largest absolute Gasteiger partial charge is 0.370 e. The lowest BCUT2D eigenvalue weighted by atomic mass is 10.0. The van der Waals surface area contributed by atoms with Crippen molar-refractivity contribution in [3.63, 3.8) is 0 Å². The van der Waals surface area contributed by atoms with Crippen LogP contribution >= 0.6 is 0 Å². The van der Waals surface area contributed by atoms with Gasteiger partial charge in [0, 0.05) is 19.3 Å². The Morgan fingerprint density at radius 2 is 1.91 bits per heavy atom. The van der Waals surface area contributed by atoms with Gasteiger partial charge in [-0.3, -0.25) is 0 Å². The Balaban J connectivity index is 1.97. The van der Waals surface area contributed by atoms with Crippen molar-refractivity contribution in [3.05, 3.63) is 48.4 Å². The van der Waals surface area contributed by atoms with E-state index in [0.29, 0.717) is 6.61 Å². The van der Waals surface area contributed by atoms with Gasteiger partial charge in [-0.25, -0.2) is 13.4 Å². The first-order chi connectivity index (χ1) is 10.9. The lowest BCUT2D eigenvalue weighted by Gasteiger charge is -2.42. The SMILES string of the molecule is C[C@@H]1CO[C@H](c2ccccc2)[C@H](C)N1S(=O)(=O)c1cn(C)cn1. The van der Waals surface area contributed by atoms with Gasteiger partial charge in [0.25, 0.3) is 10.0 Å². The molecule has 1 fully saturated rings. The molecule has 0 aliphatic carbocycles. The second kappa shape index (κ2) is 6.07. The van der Waals surface area contributed by atoms with Crippen LogP contribution in [0, 0.1) is 0 Å². The molecule has 1 aliphatic rings. The maximum atomic E-state index is 13.0. The summed E-state index contributed by atoms with van der Waals surface area (Å²) in [5.74, 6) is 0. The van der Waals surface area contributed by atoms with E-state index < -0.39 is 10.0 Å². The fourth-order valence-electron chi connectivity index (χ4n) is 3.09. The molecule has 0 unspecified atom stereocenters. The highest BCUT2D eigenvalue weighted by molar-refractivity contribution is 7.89. The summed E-state index contributed by atoms with van der Waals surface area (Å²) in [5, 5.41) is 0.0763. The molecule has 3 atom stereocenters. The number of sulfonamides is 1. The van der Waals surface area contributed by atoms with Crippen molar-refractivity contribution >= 4 is 10.0 Å². The zero-order chi connectivity index (χ0) is 16.6. The molecule has 1 aromatic carbocycles. The summed E-state index contributed by atoms with van der Waals surface area (Å²) >= 11 is 0. The third-order valence-electron chi connectivity index (χ3n) is 4.14. The van der Waals surface area contributed by atoms with E-state index in [4.69, 9.17) is 4.74 Å². The van der Waals surface area contributed by atoms with Crippen LogP contribution in [-0.4, -0.2) is 41.0 Å². The Morgan fingerprint density at radius 3 is 2.52 bits per heavy atom. The van der Waals surface area contributed by atoms with Crippen molar-refractivity contribution in [3.8, 4) is 0 Å². The number of benzene rings is 1. The highest BCUT2D eigenvalue weighted by Gasteiger charge is 2.42. The summed E-state index contributed by atoms with van der Waals surface area (Å²) in [4.78, 5) is 4.02. The molecule has 1 saturated heterocycles. The van der Waals surface area contributed by atoms with Gasteiger partial charge < -0.3 is 9.30 Å². The molecule has 7 heteroatoms. The van der Waals surface area contributed by atoms with Gasteiger partial charge in [0.05, 0.1) is 25.1 Å². The molecule has 0 spiro atoms. The van der Waals surface area contributed by atoms with Gasteiger partial charge in [-0.2, -0.15) is 4.31 Å². The van der Waals surface area contributed by atoms with Gasteiger partial charge in [-0.05, 0) is 19.4 Å². The third kappa shape index (κ3) is 2.91. The lowest BCUT2D eigenvalue weighted by Crippen LogP contribution is -2.53. The van der Waals surface area contributed by atoms with Crippen LogP contribution in [0.1, 0.15) is 25.5 Å². The summed E-state index contributed by atoms with van der Waals surface area (Å²) in [6, 6.07) is 9.17. The van der Waals surface area contributed by atoms with Crippen molar-refractivity contribution in [1.29, 1.82) is 0 Å². The van der Waals surface area contributed by atoms with Crippen LogP contribution in [0.3, 0.4) is 0 Å². The molecule has 0 N–H and O–H groups in total. The summed E-state index contributed by atoms with van der Waals surface area (Å²) in [7, 11) is -1.90. The van der Waals surface area contributed by atoms with Crippen molar-refractivity contribution < 1.29 is 13.2 Å². The molecule has 6 nitrogen and oxygen atoms in total. The van der Waals surface area contributed by atoms with Gasteiger partial charge >= 0.3 is 0 Å². The van der Waals surface area contributed by atoms with E-state index in [9.17, 15) is 8.42 Å². The first-order valence-electron chi connectivity index (χ1n) is 7.59. The first kappa shape index (κ1) is 16.2. The number of rotatable bonds is 3. The van der Waals surface area contributed by atoms with Crippen molar-refractivity contribution in [1.82, 2.24) is 13.9 Å². The Morgan fingerprint density at radius 1 is 1.22 bits per heavy atom. The van der Waals surface area contributed by atoms with E-state index in [1.807, 2.05) is 44.2 Å². The van der Waals surface area contributed by atoms with Crippen LogP contribution in [-0.2, 0) is 21.8 Å². The highest BCUT2D eigenvalue weighted by Crippen LogP contribution is 2.34. The summed E-state index contributed by atoms with van der Waals surface area (Å²) < 4.78 is 35.1. The molecule has 0 saturated carbocycles. The predicted molar refractivity (Wildman–Crippen MR) is 86.3 cm³/mol. The summed E-state index contributed by atoms with van der Waals surface area (Å²) in [5.41, 5.74) is 0.980. The molecule has 23 heavy (non-hydrogen) atoms. The number of ether oxygens (including phenoxy) is 1. The highest BCUT2D eigenvalue weighted by atomic mass is 32.2. The van der Waals surface area contributed by atoms with Crippen LogP contribution in [0.15, 0.2) is 47.9 Å². The van der Waals surface area contributed by atoms with E-state index in [0.717, 1.165) is 5.56 Å². The van der Waals surface area contributed by atoms with Crippen molar-refractivity contribution in [2.75, 3.05) is 6.61 Å². The lowest BCUT2D eigenvalue weighted by molar-refractivity contribution is -0.0618. The standard InChI is InChI=1S/C16H21N3O3S/c1-12-10-22-16(14-7-5-4-6-8-14)13(2)19(12)23(20,21)15-9-18(3)11-17-15/h4-9,11-13,16H,10H2,1-3H3/t12-,13+,16+/m1/s1. The number of aryl methyl sites for hydroxylation is 1. The second-order valence-electron chi connectivity index (χ2n) is 5.97. The number of aromatic nitrogens is 2. The third-order valence-corrected chi connectivity index (χ3v) is 6.13. The number of hydrogen-bond acceptors (Lipinski definition) is 4. The molecular weight excluding hydrogens is 314 g/mol. The fraction of sp³-hybridized carbons (Fsp3) is 0.438. The normalized spacial score (nSPS) is 26.3. The van der Waals surface area contributed by atoms with E-state index in [1.165, 1.54) is 16.8 Å². The van der Waals surface area contributed by atoms with E-state index in [1.54, 1.807) is 11.6 Å². The Kier molecular flexibility index (Phi) is 4.27. The fourth-order valence-corrected chi connectivity index (χ4v) is 4.87. The number of hydrogen-bond donors (Lipinski definition) is 0. The minimum Gasteiger partial charge on any atom is -0.370 e. The Bertz CT molecular complexity index is 773. The van der Waals surface area contributed by atoms with E-state index in [-0.39, 0.29) is 23.2 Å². The predicted octanol–water partition coefficient (Wildman–Crippen LogP) is 1.96. The average molecular weight is 335 g/mol. The molecular formula is C16H21N3O3S. The maximum Gasteiger partial charge on any atom is 0.262 e. The summed E-state index contributed by atoms with van der Waals surface area (Å²) in [6.07, 6.45) is 2.74. The summed E-state index contributed by atoms with van der Waals surface area (Å²) in [6.45, 7) is 4.10. The zero-order valence-corrected chi connectivity index (χ0v) is 14.3. The van der Waals surface area contributed by atoms with Gasteiger partial charge in [0.2, 0.25) is 0 Å². The van der Waals surface area contributed by atoms with Crippen LogP contribution in [0.4, 0.5) is 0 Å². The molecule has 0 amide bonds. The van der Waals surface area contributed by atoms with Gasteiger partial charge in [-0.15, -0.1) is 0 Å². The Labute approximate surface area is 136 Å². The van der Waals surface area contributed by atoms with Crippen molar-refractivity contribution in [2.45, 2.75) is 37.1 Å². The molecule has 2 heterocycles. The smallest absolute Gasteiger partial charge is 0.262 e. The molecule has 1 aromatic heterocycles. The second-order valence-corrected chi connectivity index (χ2v) is 7.76. The van der Waals surface area contributed by atoms with E-state index in [2.05, 4.69) is 4.98 Å². The van der Waals surface area contributed by atoms with Crippen LogP contribution in [0.25, 0.3) is 0 Å².